The molecule has 0 amide bonds. The third-order valence-electron chi connectivity index (χ3n) is 3.34. The van der Waals surface area contributed by atoms with Gasteiger partial charge in [-0.3, -0.25) is 0 Å². The van der Waals surface area contributed by atoms with Gasteiger partial charge in [-0.1, -0.05) is 0 Å². The second kappa shape index (κ2) is 5.84. The molecule has 0 spiro atoms. The summed E-state index contributed by atoms with van der Waals surface area (Å²) in [6.45, 7) is 13.0. The summed E-state index contributed by atoms with van der Waals surface area (Å²) in [5.74, 6) is 0. The fourth-order valence-corrected chi connectivity index (χ4v) is 1.80. The van der Waals surface area contributed by atoms with Gasteiger partial charge < -0.3 is 21.6 Å². The van der Waals surface area contributed by atoms with Crippen LogP contribution in [0.25, 0.3) is 0 Å². The summed E-state index contributed by atoms with van der Waals surface area (Å²) in [7, 11) is 0. The van der Waals surface area contributed by atoms with Crippen LogP contribution in [0.3, 0.4) is 0 Å². The molecule has 1 aliphatic rings. The molecule has 0 aromatic heterocycles. The van der Waals surface area contributed by atoms with E-state index < -0.39 is 0 Å². The lowest BCUT2D eigenvalue weighted by molar-refractivity contribution is -0.923. The molecule has 0 saturated carbocycles. The highest BCUT2D eigenvalue weighted by atomic mass is 35.5. The fraction of sp³-hybridized carbons (Fsp3) is 1.00. The molecule has 0 aromatic rings. The van der Waals surface area contributed by atoms with E-state index in [4.69, 9.17) is 4.74 Å². The lowest BCUT2D eigenvalue weighted by Gasteiger charge is -2.35. The zero-order valence-electron chi connectivity index (χ0n) is 9.05. The van der Waals surface area contributed by atoms with E-state index in [9.17, 15) is 0 Å². The Labute approximate surface area is 88.3 Å². The van der Waals surface area contributed by atoms with E-state index in [2.05, 4.69) is 20.8 Å². The molecule has 0 bridgehead atoms. The van der Waals surface area contributed by atoms with Crippen LogP contribution < -0.4 is 12.4 Å². The van der Waals surface area contributed by atoms with Crippen LogP contribution >= 0.6 is 0 Å². The molecule has 1 heterocycles. The Morgan fingerprint density at radius 3 is 1.92 bits per heavy atom. The molecule has 0 aromatic carbocycles. The lowest BCUT2D eigenvalue weighted by atomic mass is 10.2. The smallest absolute Gasteiger partial charge is 0.0863 e. The van der Waals surface area contributed by atoms with E-state index in [0.29, 0.717) is 6.10 Å². The van der Waals surface area contributed by atoms with Crippen molar-refractivity contribution in [1.29, 1.82) is 0 Å². The Morgan fingerprint density at radius 1 is 1.15 bits per heavy atom. The number of halogens is 1. The predicted octanol–water partition coefficient (Wildman–Crippen LogP) is -1.34. The minimum Gasteiger partial charge on any atom is -1.00 e. The molecule has 1 aliphatic heterocycles. The first-order chi connectivity index (χ1) is 5.76. The van der Waals surface area contributed by atoms with Gasteiger partial charge in [0.2, 0.25) is 0 Å². The van der Waals surface area contributed by atoms with Crippen molar-refractivity contribution in [2.24, 2.45) is 0 Å². The Kier molecular flexibility index (Phi) is 5.93. The number of quaternary nitrogens is 1. The number of epoxide rings is 1. The first-order valence-corrected chi connectivity index (χ1v) is 5.23. The Morgan fingerprint density at radius 2 is 1.62 bits per heavy atom. The molecule has 0 N–H and O–H groups in total. The lowest BCUT2D eigenvalue weighted by Crippen LogP contribution is -3.00. The van der Waals surface area contributed by atoms with Crippen molar-refractivity contribution in [1.82, 2.24) is 0 Å². The zero-order valence-corrected chi connectivity index (χ0v) is 9.81. The molecular weight excluding hydrogens is 186 g/mol. The topological polar surface area (TPSA) is 12.5 Å². The molecule has 80 valence electrons. The van der Waals surface area contributed by atoms with E-state index in [1.54, 1.807) is 0 Å². The van der Waals surface area contributed by atoms with Crippen LogP contribution in [0.5, 0.6) is 0 Å². The van der Waals surface area contributed by atoms with Gasteiger partial charge in [0.15, 0.2) is 0 Å². The van der Waals surface area contributed by atoms with E-state index in [1.807, 2.05) is 0 Å². The molecule has 13 heavy (non-hydrogen) atoms. The Hall–Kier alpha value is 0.210. The van der Waals surface area contributed by atoms with Crippen LogP contribution in [0.15, 0.2) is 0 Å². The highest BCUT2D eigenvalue weighted by Crippen LogP contribution is 2.17. The standard InChI is InChI=1S/C10H22NO.ClH/c1-4-11(5-2,6-3)8-7-10-9-12-10;/h10H,4-9H2,1-3H3;1H/q+1;/p-1. The maximum atomic E-state index is 5.23. The summed E-state index contributed by atoms with van der Waals surface area (Å²) in [6.07, 6.45) is 1.86. The van der Waals surface area contributed by atoms with Gasteiger partial charge in [-0.2, -0.15) is 0 Å². The van der Waals surface area contributed by atoms with Gasteiger partial charge in [-0.05, 0) is 20.8 Å². The van der Waals surface area contributed by atoms with Crippen molar-refractivity contribution in [3.63, 3.8) is 0 Å². The largest absolute Gasteiger partial charge is 1.00 e. The molecule has 1 fully saturated rings. The minimum absolute atomic E-state index is 0. The molecule has 2 nitrogen and oxygen atoms in total. The van der Waals surface area contributed by atoms with Crippen LogP contribution in [0.4, 0.5) is 0 Å². The highest BCUT2D eigenvalue weighted by molar-refractivity contribution is 4.68. The van der Waals surface area contributed by atoms with E-state index >= 15 is 0 Å². The van der Waals surface area contributed by atoms with Crippen LogP contribution in [0, 0.1) is 0 Å². The van der Waals surface area contributed by atoms with Crippen LogP contribution in [-0.4, -0.2) is 43.4 Å². The summed E-state index contributed by atoms with van der Waals surface area (Å²) < 4.78 is 6.49. The Bertz CT molecular complexity index is 125. The van der Waals surface area contributed by atoms with Gasteiger partial charge in [0, 0.05) is 6.42 Å². The number of nitrogens with zero attached hydrogens (tertiary/aromatic N) is 1. The number of ether oxygens (including phenoxy) is 1. The molecule has 1 atom stereocenters. The van der Waals surface area contributed by atoms with Gasteiger partial charge in [0.1, 0.15) is 0 Å². The van der Waals surface area contributed by atoms with Crippen LogP contribution in [-0.2, 0) is 4.74 Å². The van der Waals surface area contributed by atoms with Crippen molar-refractivity contribution in [3.05, 3.63) is 0 Å². The monoisotopic (exact) mass is 207 g/mol. The van der Waals surface area contributed by atoms with Crippen molar-refractivity contribution in [2.75, 3.05) is 32.8 Å². The molecule has 1 unspecified atom stereocenters. The SMILES string of the molecule is CC[N+](CC)(CC)CCC1CO1.[Cl-]. The fourth-order valence-electron chi connectivity index (χ4n) is 1.80. The van der Waals surface area contributed by atoms with E-state index in [0.717, 1.165) is 6.61 Å². The third-order valence-corrected chi connectivity index (χ3v) is 3.34. The molecule has 0 radical (unpaired) electrons. The van der Waals surface area contributed by atoms with Crippen molar-refractivity contribution >= 4 is 0 Å². The normalized spacial score (nSPS) is 21.0. The second-order valence-electron chi connectivity index (χ2n) is 3.76. The van der Waals surface area contributed by atoms with Gasteiger partial charge in [0.05, 0.1) is 38.9 Å². The van der Waals surface area contributed by atoms with Crippen LogP contribution in [0.1, 0.15) is 27.2 Å². The minimum atomic E-state index is 0. The molecule has 1 saturated heterocycles. The summed E-state index contributed by atoms with van der Waals surface area (Å²) in [4.78, 5) is 0. The molecule has 3 heteroatoms. The maximum absolute atomic E-state index is 5.23. The van der Waals surface area contributed by atoms with Crippen molar-refractivity contribution in [2.45, 2.75) is 33.3 Å². The quantitative estimate of drug-likeness (QED) is 0.388. The van der Waals surface area contributed by atoms with Crippen molar-refractivity contribution in [3.8, 4) is 0 Å². The number of rotatable bonds is 6. The first-order valence-electron chi connectivity index (χ1n) is 5.23. The van der Waals surface area contributed by atoms with Gasteiger partial charge in [0.25, 0.3) is 0 Å². The molecule has 0 aliphatic carbocycles. The summed E-state index contributed by atoms with van der Waals surface area (Å²) in [6, 6.07) is 0. The first kappa shape index (κ1) is 13.2. The zero-order chi connectivity index (χ0) is 9.03. The second-order valence-corrected chi connectivity index (χ2v) is 3.76. The molecule has 1 rings (SSSR count). The third kappa shape index (κ3) is 3.84. The number of hydrogen-bond acceptors (Lipinski definition) is 1. The van der Waals surface area contributed by atoms with Crippen molar-refractivity contribution < 1.29 is 21.6 Å². The van der Waals surface area contributed by atoms with E-state index in [1.165, 1.54) is 37.1 Å². The van der Waals surface area contributed by atoms with Gasteiger partial charge >= 0.3 is 0 Å². The predicted molar refractivity (Wildman–Crippen MR) is 51.1 cm³/mol. The summed E-state index contributed by atoms with van der Waals surface area (Å²) >= 11 is 0. The average molecular weight is 208 g/mol. The Balaban J connectivity index is 0.00000144. The summed E-state index contributed by atoms with van der Waals surface area (Å²) in [5.41, 5.74) is 0. The average Bonchev–Trinajstić information content (AvgIpc) is 2.92. The summed E-state index contributed by atoms with van der Waals surface area (Å²) in [5, 5.41) is 0. The maximum Gasteiger partial charge on any atom is 0.0863 e. The number of hydrogen-bond donors (Lipinski definition) is 0. The van der Waals surface area contributed by atoms with Gasteiger partial charge in [-0.25, -0.2) is 0 Å². The van der Waals surface area contributed by atoms with Crippen LogP contribution in [0.2, 0.25) is 0 Å². The van der Waals surface area contributed by atoms with Gasteiger partial charge in [-0.15, -0.1) is 0 Å². The highest BCUT2D eigenvalue weighted by Gasteiger charge is 2.28. The van der Waals surface area contributed by atoms with E-state index in [-0.39, 0.29) is 12.4 Å². The molecular formula is C10H22ClNO.